The van der Waals surface area contributed by atoms with Gasteiger partial charge in [-0.25, -0.2) is 0 Å². The molecule has 20 heavy (non-hydrogen) atoms. The molecule has 0 spiro atoms. The second-order valence-corrected chi connectivity index (χ2v) is 4.76. The number of carbonyl (C=O) groups excluding carboxylic acids is 2. The molecule has 2 rings (SSSR count). The number of phenols is 1. The van der Waals surface area contributed by atoms with E-state index in [0.717, 1.165) is 0 Å². The SMILES string of the molecule is C[C@H]1NC(=O)c2c(OCC[C@@H]([NH3+])C(=O)[O-])cc(O)cc21. The first-order valence-electron chi connectivity index (χ1n) is 6.24. The van der Waals surface area contributed by atoms with E-state index in [0.29, 0.717) is 11.1 Å². The second kappa shape index (κ2) is 5.38. The maximum Gasteiger partial charge on any atom is 0.255 e. The molecule has 1 heterocycles. The average Bonchev–Trinajstić information content (AvgIpc) is 2.64. The van der Waals surface area contributed by atoms with Crippen molar-refractivity contribution in [3.05, 3.63) is 23.3 Å². The van der Waals surface area contributed by atoms with Crippen LogP contribution in [0.1, 0.15) is 35.3 Å². The molecular formula is C13H16N2O5. The molecule has 2 atom stereocenters. The number of hydrogen-bond donors (Lipinski definition) is 3. The minimum Gasteiger partial charge on any atom is -0.544 e. The van der Waals surface area contributed by atoms with Gasteiger partial charge in [0.1, 0.15) is 17.5 Å². The molecule has 0 saturated carbocycles. The Morgan fingerprint density at radius 3 is 2.95 bits per heavy atom. The number of aliphatic carboxylic acids is 1. The molecule has 0 aromatic heterocycles. The molecule has 7 heteroatoms. The first kappa shape index (κ1) is 14.1. The van der Waals surface area contributed by atoms with Crippen molar-refractivity contribution < 1.29 is 30.3 Å². The topological polar surface area (TPSA) is 126 Å². The number of carboxylic acids is 1. The van der Waals surface area contributed by atoms with Gasteiger partial charge in [-0.1, -0.05) is 0 Å². The van der Waals surface area contributed by atoms with Gasteiger partial charge in [-0.3, -0.25) is 4.79 Å². The quantitative estimate of drug-likeness (QED) is 0.594. The van der Waals surface area contributed by atoms with Crippen molar-refractivity contribution in [2.75, 3.05) is 6.61 Å². The number of rotatable bonds is 5. The number of hydrogen-bond acceptors (Lipinski definition) is 5. The molecule has 5 N–H and O–H groups in total. The summed E-state index contributed by atoms with van der Waals surface area (Å²) in [6, 6.07) is 1.77. The molecule has 0 bridgehead atoms. The lowest BCUT2D eigenvalue weighted by Gasteiger charge is -2.13. The van der Waals surface area contributed by atoms with Gasteiger partial charge in [-0.15, -0.1) is 0 Å². The van der Waals surface area contributed by atoms with E-state index in [1.54, 1.807) is 6.92 Å². The normalized spacial score (nSPS) is 18.3. The highest BCUT2D eigenvalue weighted by Gasteiger charge is 2.30. The standard InChI is InChI=1S/C13H16N2O5/c1-6-8-4-7(16)5-10(11(8)12(17)15-6)20-3-2-9(14)13(18)19/h4-6,9,16H,2-3,14H2,1H3,(H,15,17)(H,18,19)/t6-,9-/m1/s1. The Balaban J connectivity index is 2.15. The van der Waals surface area contributed by atoms with Gasteiger partial charge in [0.15, 0.2) is 0 Å². The molecule has 1 aliphatic heterocycles. The molecule has 0 radical (unpaired) electrons. The molecule has 0 unspecified atom stereocenters. The summed E-state index contributed by atoms with van der Waals surface area (Å²) in [5, 5.41) is 22.9. The predicted molar refractivity (Wildman–Crippen MR) is 65.8 cm³/mol. The molecule has 0 saturated heterocycles. The van der Waals surface area contributed by atoms with E-state index >= 15 is 0 Å². The Morgan fingerprint density at radius 1 is 1.60 bits per heavy atom. The summed E-state index contributed by atoms with van der Waals surface area (Å²) in [5.41, 5.74) is 4.46. The van der Waals surface area contributed by atoms with Crippen LogP contribution in [0.25, 0.3) is 0 Å². The van der Waals surface area contributed by atoms with Gasteiger partial charge in [0.05, 0.1) is 24.2 Å². The Morgan fingerprint density at radius 2 is 2.30 bits per heavy atom. The van der Waals surface area contributed by atoms with Crippen LogP contribution in [0.4, 0.5) is 0 Å². The third-order valence-corrected chi connectivity index (χ3v) is 3.22. The van der Waals surface area contributed by atoms with E-state index in [4.69, 9.17) is 4.74 Å². The number of fused-ring (bicyclic) bond motifs is 1. The second-order valence-electron chi connectivity index (χ2n) is 4.76. The molecule has 108 valence electrons. The Bertz CT molecular complexity index is 558. The summed E-state index contributed by atoms with van der Waals surface area (Å²) in [5.74, 6) is -1.28. The number of ether oxygens (including phenoxy) is 1. The van der Waals surface area contributed by atoms with Crippen molar-refractivity contribution in [1.82, 2.24) is 5.32 Å². The zero-order valence-electron chi connectivity index (χ0n) is 11.0. The Hall–Kier alpha value is -2.28. The van der Waals surface area contributed by atoms with Crippen molar-refractivity contribution in [2.45, 2.75) is 25.4 Å². The summed E-state index contributed by atoms with van der Waals surface area (Å²) < 4.78 is 5.42. The molecule has 1 amide bonds. The van der Waals surface area contributed by atoms with Gasteiger partial charge < -0.3 is 30.8 Å². The van der Waals surface area contributed by atoms with E-state index in [1.165, 1.54) is 12.1 Å². The van der Waals surface area contributed by atoms with Crippen molar-refractivity contribution in [1.29, 1.82) is 0 Å². The summed E-state index contributed by atoms with van der Waals surface area (Å²) in [6.45, 7) is 1.87. The zero-order chi connectivity index (χ0) is 14.9. The fraction of sp³-hybridized carbons (Fsp3) is 0.385. The zero-order valence-corrected chi connectivity index (χ0v) is 11.0. The van der Waals surface area contributed by atoms with E-state index in [1.807, 2.05) is 0 Å². The number of carbonyl (C=O) groups is 2. The van der Waals surface area contributed by atoms with Crippen LogP contribution in [0, 0.1) is 0 Å². The summed E-state index contributed by atoms with van der Waals surface area (Å²) in [6.07, 6.45) is 0.157. The van der Waals surface area contributed by atoms with Crippen LogP contribution >= 0.6 is 0 Å². The smallest absolute Gasteiger partial charge is 0.255 e. The molecule has 0 fully saturated rings. The van der Waals surface area contributed by atoms with Crippen LogP contribution in [0.15, 0.2) is 12.1 Å². The van der Waals surface area contributed by atoms with Gasteiger partial charge in [-0.05, 0) is 18.6 Å². The van der Waals surface area contributed by atoms with E-state index in [9.17, 15) is 19.8 Å². The molecule has 1 aromatic rings. The highest BCUT2D eigenvalue weighted by molar-refractivity contribution is 6.02. The summed E-state index contributed by atoms with van der Waals surface area (Å²) in [4.78, 5) is 22.4. The highest BCUT2D eigenvalue weighted by Crippen LogP contribution is 2.35. The number of quaternary nitrogens is 1. The van der Waals surface area contributed by atoms with Gasteiger partial charge in [0.25, 0.3) is 5.91 Å². The maximum absolute atomic E-state index is 11.8. The van der Waals surface area contributed by atoms with Crippen LogP contribution < -0.4 is 20.9 Å². The highest BCUT2D eigenvalue weighted by atomic mass is 16.5. The molecular weight excluding hydrogens is 264 g/mol. The van der Waals surface area contributed by atoms with Crippen LogP contribution in [0.2, 0.25) is 0 Å². The third-order valence-electron chi connectivity index (χ3n) is 3.22. The number of carboxylic acid groups (broad SMARTS) is 1. The lowest BCUT2D eigenvalue weighted by Crippen LogP contribution is -2.68. The van der Waals surface area contributed by atoms with Gasteiger partial charge in [0.2, 0.25) is 0 Å². The molecule has 0 aliphatic carbocycles. The first-order valence-corrected chi connectivity index (χ1v) is 6.24. The van der Waals surface area contributed by atoms with E-state index < -0.39 is 12.0 Å². The Labute approximate surface area is 115 Å². The number of phenolic OH excluding ortho intramolecular Hbond substituents is 1. The van der Waals surface area contributed by atoms with Crippen molar-refractivity contribution in [3.63, 3.8) is 0 Å². The lowest BCUT2D eigenvalue weighted by molar-refractivity contribution is -0.438. The first-order chi connectivity index (χ1) is 9.40. The Kier molecular flexibility index (Phi) is 3.80. The van der Waals surface area contributed by atoms with Crippen molar-refractivity contribution in [3.8, 4) is 11.5 Å². The van der Waals surface area contributed by atoms with E-state index in [2.05, 4.69) is 11.1 Å². The number of aromatic hydroxyl groups is 1. The monoisotopic (exact) mass is 280 g/mol. The van der Waals surface area contributed by atoms with Crippen LogP contribution in [0.3, 0.4) is 0 Å². The minimum atomic E-state index is -1.25. The fourth-order valence-electron chi connectivity index (χ4n) is 2.10. The third kappa shape index (κ3) is 2.67. The largest absolute Gasteiger partial charge is 0.544 e. The number of nitrogens with one attached hydrogen (secondary N) is 1. The van der Waals surface area contributed by atoms with Crippen LogP contribution in [-0.4, -0.2) is 29.6 Å². The lowest BCUT2D eigenvalue weighted by atomic mass is 10.0. The predicted octanol–water partition coefficient (Wildman–Crippen LogP) is -1.67. The minimum absolute atomic E-state index is 0.00632. The van der Waals surface area contributed by atoms with Crippen LogP contribution in [0.5, 0.6) is 11.5 Å². The van der Waals surface area contributed by atoms with Crippen LogP contribution in [-0.2, 0) is 4.79 Å². The van der Waals surface area contributed by atoms with Crippen molar-refractivity contribution >= 4 is 11.9 Å². The summed E-state index contributed by atoms with van der Waals surface area (Å²) >= 11 is 0. The average molecular weight is 280 g/mol. The maximum atomic E-state index is 11.8. The molecule has 1 aromatic carbocycles. The van der Waals surface area contributed by atoms with E-state index in [-0.39, 0.29) is 36.5 Å². The fourth-order valence-corrected chi connectivity index (χ4v) is 2.10. The van der Waals surface area contributed by atoms with Crippen molar-refractivity contribution in [2.24, 2.45) is 0 Å². The molecule has 7 nitrogen and oxygen atoms in total. The van der Waals surface area contributed by atoms with Gasteiger partial charge in [-0.2, -0.15) is 0 Å². The number of amides is 1. The number of benzene rings is 1. The van der Waals surface area contributed by atoms with Gasteiger partial charge in [0, 0.05) is 12.5 Å². The molecule has 1 aliphatic rings. The summed E-state index contributed by atoms with van der Waals surface area (Å²) in [7, 11) is 0. The van der Waals surface area contributed by atoms with Gasteiger partial charge >= 0.3 is 0 Å².